The van der Waals surface area contributed by atoms with E-state index in [1.165, 1.54) is 24.0 Å². The number of nitrogens with one attached hydrogen (secondary N) is 1. The molecular weight excluding hydrogens is 334 g/mol. The van der Waals surface area contributed by atoms with Crippen molar-refractivity contribution in [3.05, 3.63) is 40.3 Å². The highest BCUT2D eigenvalue weighted by atomic mass is 32.1. The number of hydrogen-bond donors (Lipinski definition) is 1. The first-order chi connectivity index (χ1) is 11.6. The number of anilines is 1. The van der Waals surface area contributed by atoms with E-state index in [4.69, 9.17) is 4.74 Å². The Morgan fingerprint density at radius 2 is 1.84 bits per heavy atom. The molecule has 0 bridgehead atoms. The zero-order chi connectivity index (χ0) is 18.8. The SMILES string of the molecule is COC(=O)c1c(-c2ccc(C)c(C)c2)csc1NC(=O)CC(C)(C)C. The zero-order valence-corrected chi connectivity index (χ0v) is 16.5. The Bertz CT molecular complexity index is 800. The number of thiophene rings is 1. The predicted molar refractivity (Wildman–Crippen MR) is 103 cm³/mol. The van der Waals surface area contributed by atoms with Gasteiger partial charge in [-0.1, -0.05) is 39.0 Å². The molecule has 5 heteroatoms. The molecule has 1 heterocycles. The standard InChI is InChI=1S/C20H25NO3S/c1-12-7-8-14(9-13(12)2)15-11-25-18(17(15)19(23)24-6)21-16(22)10-20(3,4)5/h7-9,11H,10H2,1-6H3,(H,21,22). The highest BCUT2D eigenvalue weighted by Gasteiger charge is 2.24. The van der Waals surface area contributed by atoms with E-state index in [1.54, 1.807) is 0 Å². The first-order valence-corrected chi connectivity index (χ1v) is 9.07. The largest absolute Gasteiger partial charge is 0.465 e. The highest BCUT2D eigenvalue weighted by Crippen LogP contribution is 2.37. The minimum Gasteiger partial charge on any atom is -0.465 e. The van der Waals surface area contributed by atoms with E-state index in [-0.39, 0.29) is 11.3 Å². The van der Waals surface area contributed by atoms with Gasteiger partial charge in [0.15, 0.2) is 0 Å². The molecule has 2 rings (SSSR count). The molecule has 25 heavy (non-hydrogen) atoms. The van der Waals surface area contributed by atoms with Crippen LogP contribution in [0.3, 0.4) is 0 Å². The Morgan fingerprint density at radius 3 is 2.40 bits per heavy atom. The van der Waals surface area contributed by atoms with Gasteiger partial charge in [-0.2, -0.15) is 0 Å². The fourth-order valence-corrected chi connectivity index (χ4v) is 3.50. The average molecular weight is 359 g/mol. The molecule has 0 radical (unpaired) electrons. The van der Waals surface area contributed by atoms with Crippen molar-refractivity contribution in [3.63, 3.8) is 0 Å². The van der Waals surface area contributed by atoms with Gasteiger partial charge < -0.3 is 10.1 Å². The second-order valence-corrected chi connectivity index (χ2v) is 8.31. The third-order valence-corrected chi connectivity index (χ3v) is 4.84. The molecule has 0 unspecified atom stereocenters. The third kappa shape index (κ3) is 4.69. The number of aryl methyl sites for hydroxylation is 2. The molecule has 2 aromatic rings. The second-order valence-electron chi connectivity index (χ2n) is 7.43. The molecular formula is C20H25NO3S. The van der Waals surface area contributed by atoms with Gasteiger partial charge in [-0.05, 0) is 36.0 Å². The first-order valence-electron chi connectivity index (χ1n) is 8.19. The maximum Gasteiger partial charge on any atom is 0.341 e. The summed E-state index contributed by atoms with van der Waals surface area (Å²) in [6.07, 6.45) is 0.379. The number of carbonyl (C=O) groups is 2. The molecule has 134 valence electrons. The van der Waals surface area contributed by atoms with Crippen molar-refractivity contribution in [2.24, 2.45) is 5.41 Å². The summed E-state index contributed by atoms with van der Waals surface area (Å²) in [5, 5.41) is 5.31. The van der Waals surface area contributed by atoms with Crippen LogP contribution in [0, 0.1) is 19.3 Å². The van der Waals surface area contributed by atoms with Crippen molar-refractivity contribution < 1.29 is 14.3 Å². The van der Waals surface area contributed by atoms with E-state index < -0.39 is 5.97 Å². The molecule has 1 N–H and O–H groups in total. The molecule has 0 fully saturated rings. The maximum absolute atomic E-state index is 12.3. The fraction of sp³-hybridized carbons (Fsp3) is 0.400. The number of benzene rings is 1. The van der Waals surface area contributed by atoms with Crippen molar-refractivity contribution in [1.29, 1.82) is 0 Å². The van der Waals surface area contributed by atoms with E-state index in [1.807, 2.05) is 58.2 Å². The summed E-state index contributed by atoms with van der Waals surface area (Å²) in [6.45, 7) is 10.1. The molecule has 0 spiro atoms. The van der Waals surface area contributed by atoms with Crippen LogP contribution in [0.4, 0.5) is 5.00 Å². The smallest absolute Gasteiger partial charge is 0.341 e. The van der Waals surface area contributed by atoms with Crippen LogP contribution in [-0.2, 0) is 9.53 Å². The topological polar surface area (TPSA) is 55.4 Å². The molecule has 4 nitrogen and oxygen atoms in total. The number of hydrogen-bond acceptors (Lipinski definition) is 4. The summed E-state index contributed by atoms with van der Waals surface area (Å²) in [6, 6.07) is 6.06. The number of amides is 1. The van der Waals surface area contributed by atoms with Gasteiger partial charge in [-0.15, -0.1) is 11.3 Å². The van der Waals surface area contributed by atoms with Crippen molar-refractivity contribution in [2.45, 2.75) is 41.0 Å². The lowest BCUT2D eigenvalue weighted by atomic mass is 9.92. The van der Waals surface area contributed by atoms with Gasteiger partial charge in [0.05, 0.1) is 7.11 Å². The summed E-state index contributed by atoms with van der Waals surface area (Å²) in [5.74, 6) is -0.549. The molecule has 0 atom stereocenters. The van der Waals surface area contributed by atoms with Crippen LogP contribution in [0.25, 0.3) is 11.1 Å². The number of carbonyl (C=O) groups excluding carboxylic acids is 2. The van der Waals surface area contributed by atoms with Crippen molar-refractivity contribution in [3.8, 4) is 11.1 Å². The van der Waals surface area contributed by atoms with Crippen LogP contribution in [0.2, 0.25) is 0 Å². The quantitative estimate of drug-likeness (QED) is 0.764. The van der Waals surface area contributed by atoms with Crippen LogP contribution in [-0.4, -0.2) is 19.0 Å². The van der Waals surface area contributed by atoms with E-state index in [9.17, 15) is 9.59 Å². The van der Waals surface area contributed by atoms with E-state index in [2.05, 4.69) is 5.32 Å². The van der Waals surface area contributed by atoms with Gasteiger partial charge >= 0.3 is 5.97 Å². The second kappa shape index (κ2) is 7.40. The van der Waals surface area contributed by atoms with Gasteiger partial charge in [0, 0.05) is 17.4 Å². The lowest BCUT2D eigenvalue weighted by Crippen LogP contribution is -2.20. The van der Waals surface area contributed by atoms with Gasteiger partial charge in [0.2, 0.25) is 5.91 Å². The predicted octanol–water partition coefficient (Wildman–Crippen LogP) is 5.19. The lowest BCUT2D eigenvalue weighted by Gasteiger charge is -2.17. The van der Waals surface area contributed by atoms with Crippen molar-refractivity contribution in [1.82, 2.24) is 0 Å². The third-order valence-electron chi connectivity index (χ3n) is 3.94. The normalized spacial score (nSPS) is 11.3. The molecule has 0 saturated carbocycles. The van der Waals surface area contributed by atoms with Gasteiger partial charge in [-0.3, -0.25) is 4.79 Å². The average Bonchev–Trinajstić information content (AvgIpc) is 2.90. The summed E-state index contributed by atoms with van der Waals surface area (Å²) >= 11 is 1.35. The molecule has 1 aromatic heterocycles. The van der Waals surface area contributed by atoms with Gasteiger partial charge in [0.25, 0.3) is 0 Å². The minimum absolute atomic E-state index is 0.105. The van der Waals surface area contributed by atoms with Crippen LogP contribution in [0.5, 0.6) is 0 Å². The van der Waals surface area contributed by atoms with E-state index in [0.717, 1.165) is 16.7 Å². The fourth-order valence-electron chi connectivity index (χ4n) is 2.53. The monoisotopic (exact) mass is 359 g/mol. The highest BCUT2D eigenvalue weighted by molar-refractivity contribution is 7.15. The van der Waals surface area contributed by atoms with Gasteiger partial charge in [0.1, 0.15) is 10.6 Å². The summed E-state index contributed by atoms with van der Waals surface area (Å²) < 4.78 is 4.95. The van der Waals surface area contributed by atoms with Crippen molar-refractivity contribution >= 4 is 28.2 Å². The van der Waals surface area contributed by atoms with Crippen molar-refractivity contribution in [2.75, 3.05) is 12.4 Å². The molecule has 1 aromatic carbocycles. The van der Waals surface area contributed by atoms with E-state index >= 15 is 0 Å². The Labute approximate surface area is 153 Å². The Kier molecular flexibility index (Phi) is 5.68. The zero-order valence-electron chi connectivity index (χ0n) is 15.6. The molecule has 0 aliphatic heterocycles. The molecule has 1 amide bonds. The Balaban J connectivity index is 2.42. The van der Waals surface area contributed by atoms with E-state index in [0.29, 0.717) is 17.0 Å². The van der Waals surface area contributed by atoms with Gasteiger partial charge in [-0.25, -0.2) is 4.79 Å². The van der Waals surface area contributed by atoms with Crippen LogP contribution in [0.15, 0.2) is 23.6 Å². The summed E-state index contributed by atoms with van der Waals surface area (Å²) in [5.41, 5.74) is 4.36. The number of esters is 1. The summed E-state index contributed by atoms with van der Waals surface area (Å²) in [4.78, 5) is 24.6. The number of methoxy groups -OCH3 is 1. The number of ether oxygens (including phenoxy) is 1. The van der Waals surface area contributed by atoms with Crippen LogP contribution < -0.4 is 5.32 Å². The minimum atomic E-state index is -0.444. The first kappa shape index (κ1) is 19.2. The molecule has 0 aliphatic rings. The maximum atomic E-state index is 12.3. The lowest BCUT2D eigenvalue weighted by molar-refractivity contribution is -0.117. The summed E-state index contributed by atoms with van der Waals surface area (Å²) in [7, 11) is 1.35. The Hall–Kier alpha value is -2.14. The van der Waals surface area contributed by atoms with Crippen LogP contribution in [0.1, 0.15) is 48.7 Å². The van der Waals surface area contributed by atoms with Crippen LogP contribution >= 0.6 is 11.3 Å². The molecule has 0 saturated heterocycles. The Morgan fingerprint density at radius 1 is 1.16 bits per heavy atom. The molecule has 0 aliphatic carbocycles. The number of rotatable bonds is 4.